The third-order valence-electron chi connectivity index (χ3n) is 5.39. The predicted octanol–water partition coefficient (Wildman–Crippen LogP) is 1.71. The lowest BCUT2D eigenvalue weighted by atomic mass is 10.0. The van der Waals surface area contributed by atoms with E-state index in [0.717, 1.165) is 13.0 Å². The van der Waals surface area contributed by atoms with Crippen molar-refractivity contribution in [2.24, 2.45) is 5.92 Å². The molecule has 1 aliphatic heterocycles. The quantitative estimate of drug-likeness (QED) is 0.637. The molecule has 1 aliphatic rings. The molecule has 0 bridgehead atoms. The van der Waals surface area contributed by atoms with Crippen molar-refractivity contribution in [1.29, 1.82) is 0 Å². The van der Waals surface area contributed by atoms with Gasteiger partial charge in [0.15, 0.2) is 0 Å². The summed E-state index contributed by atoms with van der Waals surface area (Å²) in [5, 5.41) is 9.72. The number of nitrogens with zero attached hydrogens (tertiary/aromatic N) is 3. The largest absolute Gasteiger partial charge is 0.487 e. The Kier molecular flexibility index (Phi) is 9.34. The number of hydrogen-bond acceptors (Lipinski definition) is 6. The fourth-order valence-electron chi connectivity index (χ4n) is 3.60. The van der Waals surface area contributed by atoms with E-state index in [2.05, 4.69) is 23.7 Å². The first kappa shape index (κ1) is 25.6. The Morgan fingerprint density at radius 2 is 2.03 bits per heavy atom. The summed E-state index contributed by atoms with van der Waals surface area (Å²) < 4.78 is 34.7. The van der Waals surface area contributed by atoms with Gasteiger partial charge in [-0.15, -0.1) is 0 Å². The number of likely N-dealkylation sites (N-methyl/N-ethyl adjacent to an activating group) is 1. The van der Waals surface area contributed by atoms with E-state index in [9.17, 15) is 13.5 Å². The number of fused-ring (bicyclic) bond motifs is 1. The van der Waals surface area contributed by atoms with Crippen molar-refractivity contribution in [3.05, 3.63) is 23.8 Å². The van der Waals surface area contributed by atoms with Crippen molar-refractivity contribution >= 4 is 10.0 Å². The minimum absolute atomic E-state index is 0.0558. The lowest BCUT2D eigenvalue weighted by Gasteiger charge is -2.37. The molecule has 1 aromatic carbocycles. The number of rotatable bonds is 7. The molecule has 0 amide bonds. The van der Waals surface area contributed by atoms with Crippen molar-refractivity contribution in [2.45, 2.75) is 44.2 Å². The van der Waals surface area contributed by atoms with Crippen molar-refractivity contribution in [2.75, 3.05) is 53.9 Å². The minimum atomic E-state index is -3.82. The van der Waals surface area contributed by atoms with E-state index in [1.807, 2.05) is 33.0 Å². The van der Waals surface area contributed by atoms with Gasteiger partial charge in [-0.2, -0.15) is 4.31 Å². The van der Waals surface area contributed by atoms with E-state index < -0.39 is 16.1 Å². The lowest BCUT2D eigenvalue weighted by molar-refractivity contribution is 0.0752. The van der Waals surface area contributed by atoms with Gasteiger partial charge < -0.3 is 14.7 Å². The second-order valence-corrected chi connectivity index (χ2v) is 10.6. The molecule has 174 valence electrons. The molecule has 0 saturated heterocycles. The number of sulfonamides is 1. The van der Waals surface area contributed by atoms with Gasteiger partial charge >= 0.3 is 0 Å². The van der Waals surface area contributed by atoms with Gasteiger partial charge in [0.25, 0.3) is 0 Å². The van der Waals surface area contributed by atoms with Crippen LogP contribution in [0.2, 0.25) is 0 Å². The molecule has 0 unspecified atom stereocenters. The van der Waals surface area contributed by atoms with Gasteiger partial charge in [-0.3, -0.25) is 4.90 Å². The Morgan fingerprint density at radius 3 is 2.65 bits per heavy atom. The molecule has 0 radical (unpaired) electrons. The molecule has 0 fully saturated rings. The van der Waals surface area contributed by atoms with Crippen LogP contribution in [0.4, 0.5) is 0 Å². The third-order valence-corrected chi connectivity index (χ3v) is 7.41. The third kappa shape index (κ3) is 6.67. The summed E-state index contributed by atoms with van der Waals surface area (Å²) in [6, 6.07) is 4.49. The highest BCUT2D eigenvalue weighted by Crippen LogP contribution is 2.34. The maximum atomic E-state index is 13.5. The highest BCUT2D eigenvalue weighted by molar-refractivity contribution is 7.89. The Hall–Kier alpha value is -1.63. The zero-order valence-corrected chi connectivity index (χ0v) is 20.4. The molecular weight excluding hydrogens is 414 g/mol. The molecule has 31 heavy (non-hydrogen) atoms. The van der Waals surface area contributed by atoms with Crippen LogP contribution in [0, 0.1) is 17.8 Å². The standard InChI is InChI=1S/C23H37N3O4S/c1-7-12-25(6)16-22-18(2)15-26(19(3)17-27)31(28,29)23-11-10-20(14-21(23)30-22)9-8-13-24(4)5/h10-11,14,18-19,22,27H,7,12-13,15-17H2,1-6H3/t18-,19-,22-/m1/s1. The second-order valence-electron chi connectivity index (χ2n) is 8.70. The minimum Gasteiger partial charge on any atom is -0.487 e. The van der Waals surface area contributed by atoms with Crippen LogP contribution in [-0.4, -0.2) is 93.7 Å². The molecule has 1 heterocycles. The van der Waals surface area contributed by atoms with Crippen LogP contribution in [-0.2, 0) is 10.0 Å². The van der Waals surface area contributed by atoms with Crippen LogP contribution >= 0.6 is 0 Å². The molecule has 2 rings (SSSR count). The Balaban J connectivity index is 2.52. The fourth-order valence-corrected chi connectivity index (χ4v) is 5.43. The van der Waals surface area contributed by atoms with Gasteiger partial charge in [-0.05, 0) is 59.2 Å². The van der Waals surface area contributed by atoms with Crippen molar-refractivity contribution in [3.8, 4) is 17.6 Å². The average molecular weight is 452 g/mol. The topological polar surface area (TPSA) is 73.3 Å². The second kappa shape index (κ2) is 11.3. The predicted molar refractivity (Wildman–Crippen MR) is 124 cm³/mol. The maximum Gasteiger partial charge on any atom is 0.247 e. The first-order valence-electron chi connectivity index (χ1n) is 10.9. The van der Waals surface area contributed by atoms with Gasteiger partial charge in [0.1, 0.15) is 16.7 Å². The van der Waals surface area contributed by atoms with Crippen LogP contribution in [0.25, 0.3) is 0 Å². The van der Waals surface area contributed by atoms with Crippen LogP contribution in [0.5, 0.6) is 5.75 Å². The van der Waals surface area contributed by atoms with Crippen molar-refractivity contribution in [3.63, 3.8) is 0 Å². The average Bonchev–Trinajstić information content (AvgIpc) is 2.70. The lowest BCUT2D eigenvalue weighted by Crippen LogP contribution is -2.49. The van der Waals surface area contributed by atoms with E-state index in [-0.39, 0.29) is 23.5 Å². The number of hydrogen-bond donors (Lipinski definition) is 1. The van der Waals surface area contributed by atoms with E-state index in [1.54, 1.807) is 25.1 Å². The van der Waals surface area contributed by atoms with E-state index in [4.69, 9.17) is 4.74 Å². The first-order chi connectivity index (χ1) is 14.6. The summed E-state index contributed by atoms with van der Waals surface area (Å²) in [6.45, 7) is 8.14. The smallest absolute Gasteiger partial charge is 0.247 e. The maximum absolute atomic E-state index is 13.5. The summed E-state index contributed by atoms with van der Waals surface area (Å²) in [7, 11) is 2.12. The van der Waals surface area contributed by atoms with Crippen LogP contribution in [0.3, 0.4) is 0 Å². The Morgan fingerprint density at radius 1 is 1.32 bits per heavy atom. The highest BCUT2D eigenvalue weighted by atomic mass is 32.2. The molecule has 0 aromatic heterocycles. The van der Waals surface area contributed by atoms with Gasteiger partial charge in [-0.1, -0.05) is 25.7 Å². The van der Waals surface area contributed by atoms with Gasteiger partial charge in [0.2, 0.25) is 10.0 Å². The highest BCUT2D eigenvalue weighted by Gasteiger charge is 2.38. The summed E-state index contributed by atoms with van der Waals surface area (Å²) in [5.41, 5.74) is 0.714. The van der Waals surface area contributed by atoms with Crippen LogP contribution < -0.4 is 4.74 Å². The molecule has 0 saturated carbocycles. The van der Waals surface area contributed by atoms with Crippen molar-refractivity contribution in [1.82, 2.24) is 14.1 Å². The SMILES string of the molecule is CCCN(C)C[C@H]1Oc2cc(C#CCN(C)C)ccc2S(=O)(=O)N([C@H](C)CO)C[C@H]1C. The number of aliphatic hydroxyl groups excluding tert-OH is 1. The molecule has 1 aromatic rings. The Labute approximate surface area is 188 Å². The molecule has 8 heteroatoms. The van der Waals surface area contributed by atoms with Gasteiger partial charge in [0, 0.05) is 30.6 Å². The normalized spacial score (nSPS) is 22.1. The molecule has 0 spiro atoms. The van der Waals surface area contributed by atoms with E-state index in [0.29, 0.717) is 30.9 Å². The van der Waals surface area contributed by atoms with E-state index in [1.165, 1.54) is 4.31 Å². The van der Waals surface area contributed by atoms with Gasteiger partial charge in [-0.25, -0.2) is 8.42 Å². The number of ether oxygens (including phenoxy) is 1. The summed E-state index contributed by atoms with van der Waals surface area (Å²) in [6.07, 6.45) is 0.839. The first-order valence-corrected chi connectivity index (χ1v) is 12.3. The Bertz CT molecular complexity index is 892. The fraction of sp³-hybridized carbons (Fsp3) is 0.652. The zero-order chi connectivity index (χ0) is 23.2. The molecule has 1 N–H and O–H groups in total. The number of benzene rings is 1. The molecule has 3 atom stereocenters. The summed E-state index contributed by atoms with van der Waals surface area (Å²) >= 11 is 0. The molecular formula is C23H37N3O4S. The molecule has 7 nitrogen and oxygen atoms in total. The van der Waals surface area contributed by atoms with Crippen LogP contribution in [0.1, 0.15) is 32.8 Å². The summed E-state index contributed by atoms with van der Waals surface area (Å²) in [5.74, 6) is 6.44. The summed E-state index contributed by atoms with van der Waals surface area (Å²) in [4.78, 5) is 4.30. The molecule has 0 aliphatic carbocycles. The number of aliphatic hydroxyl groups is 1. The van der Waals surface area contributed by atoms with Crippen molar-refractivity contribution < 1.29 is 18.3 Å². The van der Waals surface area contributed by atoms with Crippen LogP contribution in [0.15, 0.2) is 23.1 Å². The monoisotopic (exact) mass is 451 g/mol. The van der Waals surface area contributed by atoms with E-state index >= 15 is 0 Å². The zero-order valence-electron chi connectivity index (χ0n) is 19.6. The van der Waals surface area contributed by atoms with Gasteiger partial charge in [0.05, 0.1) is 13.2 Å².